The maximum Gasteiger partial charge on any atom is 0.224 e. The van der Waals surface area contributed by atoms with Crippen LogP contribution in [0.15, 0.2) is 22.7 Å². The molecule has 1 amide bonds. The van der Waals surface area contributed by atoms with E-state index < -0.39 is 0 Å². The summed E-state index contributed by atoms with van der Waals surface area (Å²) < 4.78 is 1.11. The fraction of sp³-hybridized carbons (Fsp3) is 0.462. The Bertz CT molecular complexity index is 425. The summed E-state index contributed by atoms with van der Waals surface area (Å²) in [5.74, 6) is 0.237. The average molecular weight is 334 g/mol. The predicted octanol–water partition coefficient (Wildman–Crippen LogP) is 2.37. The fourth-order valence-corrected chi connectivity index (χ4v) is 2.68. The summed E-state index contributed by atoms with van der Waals surface area (Å²) in [5, 5.41) is 3.01. The number of nitrogens with one attached hydrogen (secondary N) is 1. The van der Waals surface area contributed by atoms with E-state index in [2.05, 4.69) is 33.4 Å². The molecule has 0 spiro atoms. The quantitative estimate of drug-likeness (QED) is 0.921. The molecular formula is C13H18BrClN2O. The van der Waals surface area contributed by atoms with E-state index in [0.717, 1.165) is 30.5 Å². The first-order valence-corrected chi connectivity index (χ1v) is 6.70. The van der Waals surface area contributed by atoms with Crippen molar-refractivity contribution in [3.05, 3.63) is 33.8 Å². The third-order valence-corrected chi connectivity index (χ3v) is 3.90. The monoisotopic (exact) mass is 332 g/mol. The summed E-state index contributed by atoms with van der Waals surface area (Å²) in [6.07, 6.45) is 1.54. The number of rotatable bonds is 3. The van der Waals surface area contributed by atoms with Gasteiger partial charge in [-0.2, -0.15) is 0 Å². The SMILES string of the molecule is CNCCC(=O)N1CCc2cccc(Br)c2C1.Cl. The predicted molar refractivity (Wildman–Crippen MR) is 79.1 cm³/mol. The highest BCUT2D eigenvalue weighted by molar-refractivity contribution is 9.10. The van der Waals surface area contributed by atoms with Crippen molar-refractivity contribution >= 4 is 34.2 Å². The fourth-order valence-electron chi connectivity index (χ4n) is 2.14. The number of hydrogen-bond acceptors (Lipinski definition) is 2. The van der Waals surface area contributed by atoms with E-state index >= 15 is 0 Å². The minimum Gasteiger partial charge on any atom is -0.338 e. The molecule has 0 fully saturated rings. The van der Waals surface area contributed by atoms with Crippen molar-refractivity contribution in [2.24, 2.45) is 0 Å². The van der Waals surface area contributed by atoms with Crippen LogP contribution in [-0.4, -0.2) is 30.9 Å². The summed E-state index contributed by atoms with van der Waals surface area (Å²) in [7, 11) is 1.87. The van der Waals surface area contributed by atoms with E-state index in [1.54, 1.807) is 0 Å². The number of fused-ring (bicyclic) bond motifs is 1. The molecule has 0 aromatic heterocycles. The summed E-state index contributed by atoms with van der Waals surface area (Å²) >= 11 is 3.56. The van der Waals surface area contributed by atoms with Crippen molar-refractivity contribution in [2.45, 2.75) is 19.4 Å². The lowest BCUT2D eigenvalue weighted by Gasteiger charge is -2.29. The Morgan fingerprint density at radius 2 is 2.28 bits per heavy atom. The van der Waals surface area contributed by atoms with E-state index in [1.807, 2.05) is 18.0 Å². The van der Waals surface area contributed by atoms with Gasteiger partial charge in [-0.15, -0.1) is 12.4 Å². The molecule has 1 heterocycles. The van der Waals surface area contributed by atoms with Crippen LogP contribution in [0.3, 0.4) is 0 Å². The van der Waals surface area contributed by atoms with E-state index in [0.29, 0.717) is 6.42 Å². The number of hydrogen-bond donors (Lipinski definition) is 1. The topological polar surface area (TPSA) is 32.3 Å². The van der Waals surface area contributed by atoms with Crippen molar-refractivity contribution < 1.29 is 4.79 Å². The van der Waals surface area contributed by atoms with Gasteiger partial charge in [0.15, 0.2) is 0 Å². The molecule has 1 N–H and O–H groups in total. The number of benzene rings is 1. The second-order valence-corrected chi connectivity index (χ2v) is 5.15. The molecule has 1 aromatic carbocycles. The Hall–Kier alpha value is -0.580. The first-order valence-electron chi connectivity index (χ1n) is 5.91. The summed E-state index contributed by atoms with van der Waals surface area (Å²) in [4.78, 5) is 13.9. The van der Waals surface area contributed by atoms with E-state index in [-0.39, 0.29) is 18.3 Å². The third kappa shape index (κ3) is 3.46. The normalized spacial score (nSPS) is 13.8. The van der Waals surface area contributed by atoms with E-state index in [9.17, 15) is 4.79 Å². The van der Waals surface area contributed by atoms with Gasteiger partial charge in [-0.1, -0.05) is 28.1 Å². The van der Waals surface area contributed by atoms with Crippen molar-refractivity contribution in [1.82, 2.24) is 10.2 Å². The third-order valence-electron chi connectivity index (χ3n) is 3.16. The summed E-state index contributed by atoms with van der Waals surface area (Å²) in [6.45, 7) is 2.32. The zero-order valence-electron chi connectivity index (χ0n) is 10.4. The lowest BCUT2D eigenvalue weighted by atomic mass is 10.00. The first kappa shape index (κ1) is 15.5. The highest BCUT2D eigenvalue weighted by Gasteiger charge is 2.21. The zero-order chi connectivity index (χ0) is 12.3. The smallest absolute Gasteiger partial charge is 0.224 e. The van der Waals surface area contributed by atoms with Crippen molar-refractivity contribution in [2.75, 3.05) is 20.1 Å². The molecule has 0 saturated heterocycles. The molecule has 100 valence electrons. The van der Waals surface area contributed by atoms with Gasteiger partial charge in [0.25, 0.3) is 0 Å². The van der Waals surface area contributed by atoms with Crippen LogP contribution in [0.1, 0.15) is 17.5 Å². The minimum atomic E-state index is 0. The van der Waals surface area contributed by atoms with Crippen LogP contribution < -0.4 is 5.32 Å². The zero-order valence-corrected chi connectivity index (χ0v) is 12.8. The van der Waals surface area contributed by atoms with Gasteiger partial charge >= 0.3 is 0 Å². The maximum atomic E-state index is 11.9. The van der Waals surface area contributed by atoms with Crippen molar-refractivity contribution in [3.8, 4) is 0 Å². The van der Waals surface area contributed by atoms with Crippen LogP contribution in [0.25, 0.3) is 0 Å². The maximum absolute atomic E-state index is 11.9. The highest BCUT2D eigenvalue weighted by Crippen LogP contribution is 2.26. The molecule has 0 bridgehead atoms. The van der Waals surface area contributed by atoms with Gasteiger partial charge in [0, 0.05) is 30.5 Å². The van der Waals surface area contributed by atoms with Crippen LogP contribution in [0.4, 0.5) is 0 Å². The molecular weight excluding hydrogens is 316 g/mol. The Morgan fingerprint density at radius 1 is 1.50 bits per heavy atom. The lowest BCUT2D eigenvalue weighted by molar-refractivity contribution is -0.132. The van der Waals surface area contributed by atoms with Crippen LogP contribution >= 0.6 is 28.3 Å². The standard InChI is InChI=1S/C13H17BrN2O.ClH/c1-15-7-5-13(17)16-8-6-10-3-2-4-12(14)11(10)9-16;/h2-4,15H,5-9H2,1H3;1H. The first-order chi connectivity index (χ1) is 8.22. The molecule has 5 heteroatoms. The van der Waals surface area contributed by atoms with Crippen molar-refractivity contribution in [1.29, 1.82) is 0 Å². The van der Waals surface area contributed by atoms with Gasteiger partial charge in [0.1, 0.15) is 0 Å². The van der Waals surface area contributed by atoms with Crippen LogP contribution in [0.2, 0.25) is 0 Å². The number of nitrogens with zero attached hydrogens (tertiary/aromatic N) is 1. The van der Waals surface area contributed by atoms with Crippen LogP contribution in [0.5, 0.6) is 0 Å². The Morgan fingerprint density at radius 3 is 3.00 bits per heavy atom. The molecule has 1 aliphatic heterocycles. The van der Waals surface area contributed by atoms with E-state index in [4.69, 9.17) is 0 Å². The minimum absolute atomic E-state index is 0. The van der Waals surface area contributed by atoms with Crippen LogP contribution in [0, 0.1) is 0 Å². The number of halogens is 2. The molecule has 0 radical (unpaired) electrons. The highest BCUT2D eigenvalue weighted by atomic mass is 79.9. The number of carbonyl (C=O) groups is 1. The second kappa shape index (κ2) is 7.12. The Kier molecular flexibility index (Phi) is 6.12. The van der Waals surface area contributed by atoms with E-state index in [1.165, 1.54) is 11.1 Å². The summed E-state index contributed by atoms with van der Waals surface area (Å²) in [5.41, 5.74) is 2.62. The Labute approximate surface area is 122 Å². The second-order valence-electron chi connectivity index (χ2n) is 4.30. The molecule has 1 aliphatic rings. The van der Waals surface area contributed by atoms with Crippen LogP contribution in [-0.2, 0) is 17.8 Å². The Balaban J connectivity index is 0.00000162. The van der Waals surface area contributed by atoms with Gasteiger partial charge in [-0.25, -0.2) is 0 Å². The molecule has 3 nitrogen and oxygen atoms in total. The molecule has 0 atom stereocenters. The van der Waals surface area contributed by atoms with Gasteiger partial charge in [0.2, 0.25) is 5.91 Å². The molecule has 0 unspecified atom stereocenters. The van der Waals surface area contributed by atoms with Crippen molar-refractivity contribution in [3.63, 3.8) is 0 Å². The largest absolute Gasteiger partial charge is 0.338 e. The van der Waals surface area contributed by atoms with Gasteiger partial charge in [-0.3, -0.25) is 4.79 Å². The molecule has 0 aliphatic carbocycles. The molecule has 1 aromatic rings. The molecule has 2 rings (SSSR count). The summed E-state index contributed by atoms with van der Waals surface area (Å²) in [6, 6.07) is 6.25. The lowest BCUT2D eigenvalue weighted by Crippen LogP contribution is -2.37. The van der Waals surface area contributed by atoms with Gasteiger partial charge < -0.3 is 10.2 Å². The van der Waals surface area contributed by atoms with Gasteiger partial charge in [-0.05, 0) is 30.7 Å². The number of amides is 1. The number of carbonyl (C=O) groups excluding carboxylic acids is 1. The van der Waals surface area contributed by atoms with Gasteiger partial charge in [0.05, 0.1) is 0 Å². The average Bonchev–Trinajstić information content (AvgIpc) is 2.36. The molecule has 18 heavy (non-hydrogen) atoms. The molecule has 0 saturated carbocycles.